The molecule has 0 aliphatic carbocycles. The van der Waals surface area contributed by atoms with E-state index in [1.807, 2.05) is 13.8 Å². The van der Waals surface area contributed by atoms with Gasteiger partial charge in [0.2, 0.25) is 0 Å². The zero-order valence-electron chi connectivity index (χ0n) is 5.29. The molecule has 48 valence electrons. The number of rotatable bonds is 3. The molecule has 2 atom stereocenters. The molecule has 0 N–H and O–H groups in total. The van der Waals surface area contributed by atoms with Gasteiger partial charge in [-0.3, -0.25) is 0 Å². The Morgan fingerprint density at radius 3 is 2.38 bits per heavy atom. The highest BCUT2D eigenvalue weighted by atomic mass is 32.1. The SMILES string of the molecule is CC[C@H](S)[C@H](C)C=O. The Labute approximate surface area is 55.9 Å². The summed E-state index contributed by atoms with van der Waals surface area (Å²) in [5.41, 5.74) is 0. The van der Waals surface area contributed by atoms with Crippen molar-refractivity contribution in [1.29, 1.82) is 0 Å². The zero-order chi connectivity index (χ0) is 6.57. The van der Waals surface area contributed by atoms with Crippen molar-refractivity contribution in [3.05, 3.63) is 0 Å². The van der Waals surface area contributed by atoms with Crippen LogP contribution in [-0.4, -0.2) is 11.5 Å². The molecule has 0 aliphatic rings. The smallest absolute Gasteiger partial charge is 0.123 e. The van der Waals surface area contributed by atoms with Gasteiger partial charge in [0.15, 0.2) is 0 Å². The Morgan fingerprint density at radius 2 is 2.25 bits per heavy atom. The van der Waals surface area contributed by atoms with Crippen LogP contribution in [0.1, 0.15) is 20.3 Å². The van der Waals surface area contributed by atoms with Gasteiger partial charge in [-0.15, -0.1) is 0 Å². The third kappa shape index (κ3) is 2.36. The lowest BCUT2D eigenvalue weighted by Gasteiger charge is -2.08. The molecule has 0 radical (unpaired) electrons. The van der Waals surface area contributed by atoms with Gasteiger partial charge in [-0.05, 0) is 6.42 Å². The molecule has 0 aromatic heterocycles. The average molecular weight is 132 g/mol. The standard InChI is InChI=1S/C6H12OS/c1-3-6(8)5(2)4-7/h4-6,8H,3H2,1-2H3/t5-,6+/m1/s1. The molecule has 0 saturated carbocycles. The van der Waals surface area contributed by atoms with Gasteiger partial charge in [-0.1, -0.05) is 13.8 Å². The van der Waals surface area contributed by atoms with Crippen LogP contribution < -0.4 is 0 Å². The fourth-order valence-electron chi connectivity index (χ4n) is 0.462. The molecule has 0 heterocycles. The predicted molar refractivity (Wildman–Crippen MR) is 38.3 cm³/mol. The van der Waals surface area contributed by atoms with Crippen molar-refractivity contribution in [1.82, 2.24) is 0 Å². The van der Waals surface area contributed by atoms with Crippen LogP contribution in [0.5, 0.6) is 0 Å². The van der Waals surface area contributed by atoms with E-state index in [0.717, 1.165) is 12.7 Å². The molecular formula is C6H12OS. The Morgan fingerprint density at radius 1 is 1.75 bits per heavy atom. The largest absolute Gasteiger partial charge is 0.303 e. The minimum atomic E-state index is 0.100. The molecule has 1 nitrogen and oxygen atoms in total. The van der Waals surface area contributed by atoms with Crippen LogP contribution in [-0.2, 0) is 4.79 Å². The minimum Gasteiger partial charge on any atom is -0.303 e. The van der Waals surface area contributed by atoms with Gasteiger partial charge in [0, 0.05) is 11.2 Å². The Hall–Kier alpha value is 0.0200. The second-order valence-electron chi connectivity index (χ2n) is 1.97. The van der Waals surface area contributed by atoms with E-state index < -0.39 is 0 Å². The summed E-state index contributed by atoms with van der Waals surface area (Å²) >= 11 is 4.17. The summed E-state index contributed by atoms with van der Waals surface area (Å²) in [7, 11) is 0. The molecule has 0 rings (SSSR count). The zero-order valence-corrected chi connectivity index (χ0v) is 6.19. The molecular weight excluding hydrogens is 120 g/mol. The van der Waals surface area contributed by atoms with E-state index in [-0.39, 0.29) is 11.2 Å². The lowest BCUT2D eigenvalue weighted by molar-refractivity contribution is -0.110. The van der Waals surface area contributed by atoms with Crippen molar-refractivity contribution >= 4 is 18.9 Å². The number of hydrogen-bond donors (Lipinski definition) is 1. The van der Waals surface area contributed by atoms with Crippen molar-refractivity contribution in [2.45, 2.75) is 25.5 Å². The molecule has 0 spiro atoms. The molecule has 0 bridgehead atoms. The third-order valence-corrected chi connectivity index (χ3v) is 2.08. The minimum absolute atomic E-state index is 0.100. The first-order valence-electron chi connectivity index (χ1n) is 2.85. The third-order valence-electron chi connectivity index (χ3n) is 1.24. The monoisotopic (exact) mass is 132 g/mol. The van der Waals surface area contributed by atoms with Gasteiger partial charge in [-0.25, -0.2) is 0 Å². The first kappa shape index (κ1) is 8.02. The Kier molecular flexibility index (Phi) is 3.97. The summed E-state index contributed by atoms with van der Waals surface area (Å²) in [5.74, 6) is 0.100. The average Bonchev–Trinajstić information content (AvgIpc) is 1.84. The van der Waals surface area contributed by atoms with Gasteiger partial charge in [0.1, 0.15) is 6.29 Å². The lowest BCUT2D eigenvalue weighted by atomic mass is 10.1. The first-order valence-corrected chi connectivity index (χ1v) is 3.37. The molecule has 0 saturated heterocycles. The molecule has 0 aliphatic heterocycles. The van der Waals surface area contributed by atoms with E-state index in [1.165, 1.54) is 0 Å². The van der Waals surface area contributed by atoms with Crippen molar-refractivity contribution in [3.8, 4) is 0 Å². The summed E-state index contributed by atoms with van der Waals surface area (Å²) in [6, 6.07) is 0. The highest BCUT2D eigenvalue weighted by Gasteiger charge is 2.07. The van der Waals surface area contributed by atoms with E-state index in [1.54, 1.807) is 0 Å². The predicted octanol–water partition coefficient (Wildman–Crippen LogP) is 1.53. The number of aldehydes is 1. The molecule has 0 aromatic rings. The quantitative estimate of drug-likeness (QED) is 0.455. The summed E-state index contributed by atoms with van der Waals surface area (Å²) in [5, 5.41) is 0.243. The van der Waals surface area contributed by atoms with Crippen LogP contribution in [0.25, 0.3) is 0 Å². The maximum atomic E-state index is 10.1. The van der Waals surface area contributed by atoms with E-state index >= 15 is 0 Å². The van der Waals surface area contributed by atoms with Gasteiger partial charge in [0.25, 0.3) is 0 Å². The molecule has 8 heavy (non-hydrogen) atoms. The number of carbonyl (C=O) groups is 1. The molecule has 0 amide bonds. The fourth-order valence-corrected chi connectivity index (χ4v) is 0.533. The topological polar surface area (TPSA) is 17.1 Å². The molecule has 0 unspecified atom stereocenters. The van der Waals surface area contributed by atoms with Gasteiger partial charge >= 0.3 is 0 Å². The Balaban J connectivity index is 3.44. The van der Waals surface area contributed by atoms with Crippen LogP contribution in [0.2, 0.25) is 0 Å². The summed E-state index contributed by atoms with van der Waals surface area (Å²) in [6.07, 6.45) is 1.91. The number of hydrogen-bond acceptors (Lipinski definition) is 2. The maximum absolute atomic E-state index is 10.1. The highest BCUT2D eigenvalue weighted by Crippen LogP contribution is 2.09. The van der Waals surface area contributed by atoms with E-state index in [9.17, 15) is 4.79 Å². The summed E-state index contributed by atoms with van der Waals surface area (Å²) in [4.78, 5) is 10.1. The van der Waals surface area contributed by atoms with Gasteiger partial charge in [-0.2, -0.15) is 12.6 Å². The van der Waals surface area contributed by atoms with Crippen LogP contribution in [0, 0.1) is 5.92 Å². The van der Waals surface area contributed by atoms with E-state index in [2.05, 4.69) is 12.6 Å². The highest BCUT2D eigenvalue weighted by molar-refractivity contribution is 7.81. The summed E-state index contributed by atoms with van der Waals surface area (Å²) < 4.78 is 0. The van der Waals surface area contributed by atoms with Crippen molar-refractivity contribution in [2.24, 2.45) is 5.92 Å². The second-order valence-corrected chi connectivity index (χ2v) is 2.63. The van der Waals surface area contributed by atoms with E-state index in [4.69, 9.17) is 0 Å². The van der Waals surface area contributed by atoms with Crippen LogP contribution in [0.3, 0.4) is 0 Å². The van der Waals surface area contributed by atoms with Gasteiger partial charge < -0.3 is 4.79 Å². The molecule has 2 heteroatoms. The molecule has 0 fully saturated rings. The maximum Gasteiger partial charge on any atom is 0.123 e. The fraction of sp³-hybridized carbons (Fsp3) is 0.833. The first-order chi connectivity index (χ1) is 3.72. The van der Waals surface area contributed by atoms with Crippen LogP contribution in [0.4, 0.5) is 0 Å². The number of thiol groups is 1. The molecule has 0 aromatic carbocycles. The van der Waals surface area contributed by atoms with Crippen LogP contribution in [0.15, 0.2) is 0 Å². The van der Waals surface area contributed by atoms with Crippen LogP contribution >= 0.6 is 12.6 Å². The second kappa shape index (κ2) is 3.96. The lowest BCUT2D eigenvalue weighted by Crippen LogP contribution is -2.10. The van der Waals surface area contributed by atoms with Gasteiger partial charge in [0.05, 0.1) is 0 Å². The van der Waals surface area contributed by atoms with Crippen molar-refractivity contribution < 1.29 is 4.79 Å². The summed E-state index contributed by atoms with van der Waals surface area (Å²) in [6.45, 7) is 3.91. The normalized spacial score (nSPS) is 17.4. The van der Waals surface area contributed by atoms with E-state index in [0.29, 0.717) is 0 Å². The van der Waals surface area contributed by atoms with Crippen molar-refractivity contribution in [3.63, 3.8) is 0 Å². The Bertz CT molecular complexity index is 72.9. The number of carbonyl (C=O) groups excluding carboxylic acids is 1. The van der Waals surface area contributed by atoms with Crippen molar-refractivity contribution in [2.75, 3.05) is 0 Å².